The molecule has 1 rings (SSSR count). The quantitative estimate of drug-likeness (QED) is 0.448. The average Bonchev–Trinajstić information content (AvgIpc) is 2.63. The van der Waals surface area contributed by atoms with Crippen LogP contribution in [-0.2, 0) is 14.3 Å². The molecule has 22 heavy (non-hydrogen) atoms. The van der Waals surface area contributed by atoms with Gasteiger partial charge in [0.15, 0.2) is 5.17 Å². The third-order valence-electron chi connectivity index (χ3n) is 2.09. The predicted molar refractivity (Wildman–Crippen MR) is 79.4 cm³/mol. The van der Waals surface area contributed by atoms with Gasteiger partial charge in [-0.1, -0.05) is 6.08 Å². The summed E-state index contributed by atoms with van der Waals surface area (Å²) in [5, 5.41) is 14.5. The Morgan fingerprint density at radius 3 is 2.64 bits per heavy atom. The minimum atomic E-state index is -1.49. The van der Waals surface area contributed by atoms with Crippen molar-refractivity contribution < 1.29 is 24.2 Å². The smallest absolute Gasteiger partial charge is 0.428 e. The minimum Gasteiger partial charge on any atom is -0.545 e. The van der Waals surface area contributed by atoms with Crippen LogP contribution in [0.15, 0.2) is 28.7 Å². The third kappa shape index (κ3) is 5.24. The van der Waals surface area contributed by atoms with E-state index in [4.69, 9.17) is 4.74 Å². The molecule has 120 valence electrons. The summed E-state index contributed by atoms with van der Waals surface area (Å²) in [6.45, 7) is 8.70. The Bertz CT molecular complexity index is 563. The molecule has 1 N–H and O–H groups in total. The first-order valence-electron chi connectivity index (χ1n) is 6.24. The van der Waals surface area contributed by atoms with Gasteiger partial charge in [0.2, 0.25) is 0 Å². The maximum atomic E-state index is 12.0. The molecule has 0 aromatic rings. The van der Waals surface area contributed by atoms with Gasteiger partial charge >= 0.3 is 6.09 Å². The largest absolute Gasteiger partial charge is 0.545 e. The molecule has 0 aliphatic carbocycles. The van der Waals surface area contributed by atoms with E-state index in [1.165, 1.54) is 11.0 Å². The fraction of sp³-hybridized carbons (Fsp3) is 0.385. The van der Waals surface area contributed by atoms with E-state index in [0.717, 1.165) is 11.8 Å². The number of nitrogens with one attached hydrogen (secondary N) is 1. The van der Waals surface area contributed by atoms with Gasteiger partial charge < -0.3 is 14.6 Å². The van der Waals surface area contributed by atoms with Crippen LogP contribution in [0.1, 0.15) is 20.8 Å². The highest BCUT2D eigenvalue weighted by Crippen LogP contribution is 2.30. The van der Waals surface area contributed by atoms with Crippen molar-refractivity contribution in [1.82, 2.24) is 10.3 Å². The summed E-state index contributed by atoms with van der Waals surface area (Å²) >= 11 is 0.804. The molecule has 0 spiro atoms. The summed E-state index contributed by atoms with van der Waals surface area (Å²) in [5.74, 6) is -2.05. The summed E-state index contributed by atoms with van der Waals surface area (Å²) in [5.41, 5.74) is 1.46. The highest BCUT2D eigenvalue weighted by atomic mass is 32.2. The molecule has 0 radical (unpaired) electrons. The number of amides is 2. The summed E-state index contributed by atoms with van der Waals surface area (Å²) in [6.07, 6.45) is 1.34. The van der Waals surface area contributed by atoms with Crippen molar-refractivity contribution in [3.05, 3.63) is 23.6 Å². The molecule has 1 saturated heterocycles. The van der Waals surface area contributed by atoms with Crippen LogP contribution in [-0.4, -0.2) is 40.2 Å². The molecule has 0 saturated carbocycles. The van der Waals surface area contributed by atoms with Gasteiger partial charge in [0.1, 0.15) is 5.60 Å². The first-order chi connectivity index (χ1) is 10.1. The van der Waals surface area contributed by atoms with Crippen molar-refractivity contribution in [3.8, 4) is 0 Å². The summed E-state index contributed by atoms with van der Waals surface area (Å²) in [4.78, 5) is 35.2. The molecule has 1 heterocycles. The molecule has 0 atom stereocenters. The lowest BCUT2D eigenvalue weighted by molar-refractivity contribution is -0.297. The molecule has 1 aliphatic rings. The van der Waals surface area contributed by atoms with E-state index < -0.39 is 23.6 Å². The number of carboxylic acids is 1. The van der Waals surface area contributed by atoms with Gasteiger partial charge in [-0.2, -0.15) is 0 Å². The van der Waals surface area contributed by atoms with Crippen LogP contribution in [0.25, 0.3) is 0 Å². The molecule has 0 bridgehead atoms. The van der Waals surface area contributed by atoms with E-state index in [1.807, 2.05) is 0 Å². The normalized spacial score (nSPS) is 18.7. The molecule has 0 aromatic carbocycles. The van der Waals surface area contributed by atoms with Gasteiger partial charge in [0, 0.05) is 6.54 Å². The number of nitrogens with zero attached hydrogens (tertiary/aromatic N) is 2. The molecule has 1 fully saturated rings. The van der Waals surface area contributed by atoms with Crippen LogP contribution < -0.4 is 10.5 Å². The van der Waals surface area contributed by atoms with Crippen LogP contribution in [0.4, 0.5) is 4.79 Å². The topological polar surface area (TPSA) is 111 Å². The van der Waals surface area contributed by atoms with E-state index in [9.17, 15) is 19.5 Å². The van der Waals surface area contributed by atoms with Gasteiger partial charge in [-0.3, -0.25) is 9.69 Å². The Balaban J connectivity index is 2.89. The van der Waals surface area contributed by atoms with E-state index in [2.05, 4.69) is 17.1 Å². The molecule has 9 heteroatoms. The minimum absolute atomic E-state index is 0.0633. The fourth-order valence-corrected chi connectivity index (χ4v) is 2.29. The summed E-state index contributed by atoms with van der Waals surface area (Å²) in [7, 11) is 0. The zero-order valence-corrected chi connectivity index (χ0v) is 13.2. The zero-order chi connectivity index (χ0) is 16.9. The molecule has 2 amide bonds. The van der Waals surface area contributed by atoms with Crippen LogP contribution >= 0.6 is 11.8 Å². The predicted octanol–water partition coefficient (Wildman–Crippen LogP) is 0.177. The van der Waals surface area contributed by atoms with Crippen LogP contribution in [0, 0.1) is 0 Å². The Hall–Kier alpha value is -2.29. The van der Waals surface area contributed by atoms with Crippen molar-refractivity contribution in [1.29, 1.82) is 0 Å². The number of carbonyl (C=O) groups excluding carboxylic acids is 3. The van der Waals surface area contributed by atoms with Crippen molar-refractivity contribution in [2.24, 2.45) is 5.10 Å². The standard InChI is InChI=1S/C13H17N3O5S/c1-5-6-16-10(19)8(7-9(17)18)22-11(16)14-15-12(20)21-13(2,3)4/h5,7H,1,6H2,2-4H3,(H,15,20)(H,17,18)/p-1/b8-7-,14-11-. The number of aliphatic carboxylic acids is 1. The molecule has 0 unspecified atom stereocenters. The van der Waals surface area contributed by atoms with Gasteiger partial charge in [-0.15, -0.1) is 11.7 Å². The lowest BCUT2D eigenvalue weighted by atomic mass is 10.2. The second kappa shape index (κ2) is 7.12. The number of carbonyl (C=O) groups is 3. The van der Waals surface area contributed by atoms with E-state index in [-0.39, 0.29) is 16.6 Å². The number of ether oxygens (including phenoxy) is 1. The average molecular weight is 326 g/mol. The van der Waals surface area contributed by atoms with E-state index in [1.54, 1.807) is 20.8 Å². The van der Waals surface area contributed by atoms with E-state index in [0.29, 0.717) is 6.08 Å². The first-order valence-corrected chi connectivity index (χ1v) is 7.05. The number of amidine groups is 1. The van der Waals surface area contributed by atoms with Gasteiger partial charge in [-0.05, 0) is 38.6 Å². The first kappa shape index (κ1) is 17.8. The van der Waals surface area contributed by atoms with Crippen molar-refractivity contribution in [3.63, 3.8) is 0 Å². The van der Waals surface area contributed by atoms with Crippen LogP contribution in [0.2, 0.25) is 0 Å². The van der Waals surface area contributed by atoms with Crippen LogP contribution in [0.5, 0.6) is 0 Å². The Morgan fingerprint density at radius 2 is 2.14 bits per heavy atom. The Morgan fingerprint density at radius 1 is 1.50 bits per heavy atom. The van der Waals surface area contributed by atoms with Gasteiger partial charge in [0.05, 0.1) is 10.9 Å². The fourth-order valence-electron chi connectivity index (χ4n) is 1.38. The summed E-state index contributed by atoms with van der Waals surface area (Å²) in [6, 6.07) is 0. The lowest BCUT2D eigenvalue weighted by Crippen LogP contribution is -2.34. The van der Waals surface area contributed by atoms with Gasteiger partial charge in [-0.25, -0.2) is 10.2 Å². The summed E-state index contributed by atoms with van der Waals surface area (Å²) < 4.78 is 5.00. The highest BCUT2D eigenvalue weighted by molar-refractivity contribution is 8.18. The molecule has 0 aromatic heterocycles. The monoisotopic (exact) mass is 326 g/mol. The van der Waals surface area contributed by atoms with Crippen LogP contribution in [0.3, 0.4) is 0 Å². The number of hydrazone groups is 1. The van der Waals surface area contributed by atoms with E-state index >= 15 is 0 Å². The molecular formula is C13H16N3O5S-. The number of rotatable bonds is 4. The third-order valence-corrected chi connectivity index (χ3v) is 3.10. The number of thioether (sulfide) groups is 1. The van der Waals surface area contributed by atoms with Crippen molar-refractivity contribution in [2.45, 2.75) is 26.4 Å². The lowest BCUT2D eigenvalue weighted by Gasteiger charge is -2.19. The second-order valence-corrected chi connectivity index (χ2v) is 6.15. The highest BCUT2D eigenvalue weighted by Gasteiger charge is 2.33. The number of hydrogen-bond acceptors (Lipinski definition) is 7. The Labute approximate surface area is 131 Å². The van der Waals surface area contributed by atoms with Crippen molar-refractivity contribution >= 4 is 34.9 Å². The second-order valence-electron chi connectivity index (χ2n) is 5.14. The van der Waals surface area contributed by atoms with Gasteiger partial charge in [0.25, 0.3) is 5.91 Å². The number of carboxylic acid groups (broad SMARTS) is 1. The zero-order valence-electron chi connectivity index (χ0n) is 12.4. The maximum Gasteiger partial charge on any atom is 0.428 e. The van der Waals surface area contributed by atoms with Crippen molar-refractivity contribution in [2.75, 3.05) is 6.54 Å². The molecule has 8 nitrogen and oxygen atoms in total. The molecule has 1 aliphatic heterocycles. The molecular weight excluding hydrogens is 310 g/mol. The maximum absolute atomic E-state index is 12.0. The SMILES string of the molecule is C=CCN1C(=O)/C(=C/C(=O)[O-])S/C1=N\NC(=O)OC(C)(C)C. The Kier molecular flexibility index (Phi) is 5.75. The number of hydrogen-bond donors (Lipinski definition) is 1.